The first kappa shape index (κ1) is 15.8. The van der Waals surface area contributed by atoms with Crippen LogP contribution in [0.1, 0.15) is 31.2 Å². The molecule has 8 heteroatoms. The highest BCUT2D eigenvalue weighted by atomic mass is 32.1. The Morgan fingerprint density at radius 2 is 2.33 bits per heavy atom. The van der Waals surface area contributed by atoms with Crippen molar-refractivity contribution in [1.82, 2.24) is 15.1 Å². The van der Waals surface area contributed by atoms with Crippen molar-refractivity contribution in [3.05, 3.63) is 5.01 Å². The molecule has 1 aliphatic rings. The molecule has 1 aromatic rings. The van der Waals surface area contributed by atoms with Crippen LogP contribution in [0.4, 0.5) is 5.13 Å². The van der Waals surface area contributed by atoms with Gasteiger partial charge >= 0.3 is 0 Å². The molecule has 2 amide bonds. The van der Waals surface area contributed by atoms with E-state index in [0.717, 1.165) is 19.4 Å². The van der Waals surface area contributed by atoms with E-state index in [9.17, 15) is 9.59 Å². The SMILES string of the molecule is CCCCN1C[C@H](C(=O)Nc2nnc(COC)s2)CC1=O. The van der Waals surface area contributed by atoms with Crippen LogP contribution in [-0.4, -0.2) is 47.1 Å². The lowest BCUT2D eigenvalue weighted by Gasteiger charge is -2.15. The lowest BCUT2D eigenvalue weighted by atomic mass is 10.1. The van der Waals surface area contributed by atoms with Crippen LogP contribution in [0.5, 0.6) is 0 Å². The number of amides is 2. The van der Waals surface area contributed by atoms with E-state index in [1.165, 1.54) is 11.3 Å². The molecule has 21 heavy (non-hydrogen) atoms. The highest BCUT2D eigenvalue weighted by Gasteiger charge is 2.34. The quantitative estimate of drug-likeness (QED) is 0.819. The lowest BCUT2D eigenvalue weighted by Crippen LogP contribution is -2.29. The Bertz CT molecular complexity index is 505. The first-order valence-electron chi connectivity index (χ1n) is 7.04. The summed E-state index contributed by atoms with van der Waals surface area (Å²) in [6.07, 6.45) is 2.28. The van der Waals surface area contributed by atoms with Gasteiger partial charge in [0.15, 0.2) is 0 Å². The fraction of sp³-hybridized carbons (Fsp3) is 0.692. The number of nitrogens with one attached hydrogen (secondary N) is 1. The van der Waals surface area contributed by atoms with E-state index >= 15 is 0 Å². The van der Waals surface area contributed by atoms with Gasteiger partial charge in [-0.1, -0.05) is 24.7 Å². The van der Waals surface area contributed by atoms with Gasteiger partial charge in [-0.15, -0.1) is 10.2 Å². The van der Waals surface area contributed by atoms with E-state index in [-0.39, 0.29) is 24.2 Å². The number of rotatable bonds is 7. The number of carbonyl (C=O) groups is 2. The highest BCUT2D eigenvalue weighted by Crippen LogP contribution is 2.22. The van der Waals surface area contributed by atoms with Crippen LogP contribution in [0, 0.1) is 5.92 Å². The summed E-state index contributed by atoms with van der Waals surface area (Å²) in [7, 11) is 1.58. The number of methoxy groups -OCH3 is 1. The van der Waals surface area contributed by atoms with E-state index in [1.807, 2.05) is 0 Å². The van der Waals surface area contributed by atoms with E-state index in [0.29, 0.717) is 23.3 Å². The lowest BCUT2D eigenvalue weighted by molar-refractivity contribution is -0.128. The molecule has 0 saturated carbocycles. The summed E-state index contributed by atoms with van der Waals surface area (Å²) in [6.45, 7) is 3.68. The molecule has 7 nitrogen and oxygen atoms in total. The normalized spacial score (nSPS) is 18.3. The van der Waals surface area contributed by atoms with Gasteiger partial charge in [0.2, 0.25) is 16.9 Å². The van der Waals surface area contributed by atoms with Gasteiger partial charge in [-0.25, -0.2) is 0 Å². The van der Waals surface area contributed by atoms with Gasteiger partial charge in [0.05, 0.1) is 5.92 Å². The van der Waals surface area contributed by atoms with E-state index in [4.69, 9.17) is 4.74 Å². The monoisotopic (exact) mass is 312 g/mol. The first-order chi connectivity index (χ1) is 10.1. The van der Waals surface area contributed by atoms with Gasteiger partial charge in [-0.05, 0) is 6.42 Å². The van der Waals surface area contributed by atoms with Crippen molar-refractivity contribution in [1.29, 1.82) is 0 Å². The second-order valence-corrected chi connectivity index (χ2v) is 6.08. The molecule has 0 radical (unpaired) electrons. The largest absolute Gasteiger partial charge is 0.377 e. The Hall–Kier alpha value is -1.54. The number of hydrogen-bond donors (Lipinski definition) is 1. The van der Waals surface area contributed by atoms with Crippen LogP contribution in [0.2, 0.25) is 0 Å². The van der Waals surface area contributed by atoms with Crippen molar-refractivity contribution in [3.8, 4) is 0 Å². The maximum absolute atomic E-state index is 12.2. The molecule has 1 atom stereocenters. The molecule has 1 aromatic heterocycles. The fourth-order valence-corrected chi connectivity index (χ4v) is 2.92. The van der Waals surface area contributed by atoms with Gasteiger partial charge in [0.1, 0.15) is 11.6 Å². The molecule has 2 rings (SSSR count). The van der Waals surface area contributed by atoms with Gasteiger partial charge < -0.3 is 15.0 Å². The van der Waals surface area contributed by atoms with E-state index in [1.54, 1.807) is 12.0 Å². The van der Waals surface area contributed by atoms with Gasteiger partial charge in [-0.2, -0.15) is 0 Å². The molecular weight excluding hydrogens is 292 g/mol. The molecule has 0 unspecified atom stereocenters. The molecule has 1 saturated heterocycles. The minimum absolute atomic E-state index is 0.0564. The van der Waals surface area contributed by atoms with Crippen LogP contribution in [0.15, 0.2) is 0 Å². The van der Waals surface area contributed by atoms with E-state index < -0.39 is 0 Å². The molecular formula is C13H20N4O3S. The molecule has 2 heterocycles. The number of likely N-dealkylation sites (tertiary alicyclic amines) is 1. The van der Waals surface area contributed by atoms with Crippen LogP contribution in [-0.2, 0) is 20.9 Å². The Morgan fingerprint density at radius 1 is 1.52 bits per heavy atom. The third-order valence-electron chi connectivity index (χ3n) is 3.33. The van der Waals surface area contributed by atoms with Crippen molar-refractivity contribution in [2.24, 2.45) is 5.92 Å². The highest BCUT2D eigenvalue weighted by molar-refractivity contribution is 7.15. The molecule has 0 aromatic carbocycles. The Labute approximate surface area is 127 Å². The molecule has 0 aliphatic carbocycles. The molecule has 1 fully saturated rings. The summed E-state index contributed by atoms with van der Waals surface area (Å²) in [5.41, 5.74) is 0. The molecule has 1 N–H and O–H groups in total. The summed E-state index contributed by atoms with van der Waals surface area (Å²) in [5, 5.41) is 11.7. The summed E-state index contributed by atoms with van der Waals surface area (Å²) in [5.74, 6) is -0.410. The number of unbranched alkanes of at least 4 members (excludes halogenated alkanes) is 1. The van der Waals surface area contributed by atoms with Crippen molar-refractivity contribution >= 4 is 28.3 Å². The number of carbonyl (C=O) groups excluding carboxylic acids is 2. The Morgan fingerprint density at radius 3 is 3.05 bits per heavy atom. The van der Waals surface area contributed by atoms with Crippen LogP contribution in [0.25, 0.3) is 0 Å². The standard InChI is InChI=1S/C13H20N4O3S/c1-3-4-5-17-7-9(6-11(17)18)12(19)14-13-16-15-10(21-13)8-20-2/h9H,3-8H2,1-2H3,(H,14,16,19)/t9-/m1/s1. The number of nitrogens with zero attached hydrogens (tertiary/aromatic N) is 3. The topological polar surface area (TPSA) is 84.4 Å². The van der Waals surface area contributed by atoms with E-state index in [2.05, 4.69) is 22.4 Å². The number of hydrogen-bond acceptors (Lipinski definition) is 6. The number of anilines is 1. The van der Waals surface area contributed by atoms with Crippen LogP contribution < -0.4 is 5.32 Å². The third-order valence-corrected chi connectivity index (χ3v) is 4.14. The first-order valence-corrected chi connectivity index (χ1v) is 7.85. The number of aromatic nitrogens is 2. The second-order valence-electron chi connectivity index (χ2n) is 5.02. The summed E-state index contributed by atoms with van der Waals surface area (Å²) in [4.78, 5) is 25.8. The maximum Gasteiger partial charge on any atom is 0.231 e. The average Bonchev–Trinajstić information content (AvgIpc) is 3.04. The molecule has 1 aliphatic heterocycles. The Kier molecular flexibility index (Phi) is 5.63. The molecule has 0 bridgehead atoms. The van der Waals surface area contributed by atoms with Gasteiger partial charge in [0, 0.05) is 26.6 Å². The molecule has 0 spiro atoms. The number of ether oxygens (including phenoxy) is 1. The minimum atomic E-state index is -0.302. The van der Waals surface area contributed by atoms with Crippen molar-refractivity contribution < 1.29 is 14.3 Å². The molecule has 116 valence electrons. The predicted molar refractivity (Wildman–Crippen MR) is 78.8 cm³/mol. The zero-order valence-corrected chi connectivity index (χ0v) is 13.1. The fourth-order valence-electron chi connectivity index (χ4n) is 2.21. The zero-order valence-electron chi connectivity index (χ0n) is 12.3. The smallest absolute Gasteiger partial charge is 0.231 e. The van der Waals surface area contributed by atoms with Gasteiger partial charge in [0.25, 0.3) is 0 Å². The predicted octanol–water partition coefficient (Wildman–Crippen LogP) is 1.27. The minimum Gasteiger partial charge on any atom is -0.377 e. The van der Waals surface area contributed by atoms with Crippen molar-refractivity contribution in [3.63, 3.8) is 0 Å². The average molecular weight is 312 g/mol. The van der Waals surface area contributed by atoms with Crippen LogP contribution >= 0.6 is 11.3 Å². The van der Waals surface area contributed by atoms with Crippen LogP contribution in [0.3, 0.4) is 0 Å². The second kappa shape index (κ2) is 7.46. The summed E-state index contributed by atoms with van der Waals surface area (Å²) < 4.78 is 4.96. The van der Waals surface area contributed by atoms with Crippen molar-refractivity contribution in [2.45, 2.75) is 32.8 Å². The zero-order chi connectivity index (χ0) is 15.2. The summed E-state index contributed by atoms with van der Waals surface area (Å²) >= 11 is 1.28. The van der Waals surface area contributed by atoms with Gasteiger partial charge in [-0.3, -0.25) is 9.59 Å². The summed E-state index contributed by atoms with van der Waals surface area (Å²) in [6, 6.07) is 0. The Balaban J connectivity index is 1.87. The third kappa shape index (κ3) is 4.21. The van der Waals surface area contributed by atoms with Crippen molar-refractivity contribution in [2.75, 3.05) is 25.5 Å². The maximum atomic E-state index is 12.2.